The molecular formula is C22H26Cl2N2O3. The second kappa shape index (κ2) is 10.3. The summed E-state index contributed by atoms with van der Waals surface area (Å²) in [5.41, 5.74) is 2.28. The molecule has 2 aromatic rings. The zero-order valence-corrected chi connectivity index (χ0v) is 18.2. The lowest BCUT2D eigenvalue weighted by atomic mass is 10.1. The fourth-order valence-electron chi connectivity index (χ4n) is 3.42. The molecule has 1 aliphatic rings. The van der Waals surface area contributed by atoms with E-state index in [0.29, 0.717) is 22.3 Å². The molecule has 2 unspecified atom stereocenters. The first kappa shape index (κ1) is 21.9. The smallest absolute Gasteiger partial charge is 0.258 e. The Labute approximate surface area is 181 Å². The Bertz CT molecular complexity index is 819. The van der Waals surface area contributed by atoms with E-state index in [4.69, 9.17) is 32.7 Å². The molecule has 29 heavy (non-hydrogen) atoms. The minimum atomic E-state index is -0.221. The molecule has 0 saturated carbocycles. The molecule has 0 bridgehead atoms. The number of morpholine rings is 1. The van der Waals surface area contributed by atoms with Crippen LogP contribution < -0.4 is 10.1 Å². The minimum absolute atomic E-state index is 0.119. The standard InChI is InChI=1S/C22H26Cl2N2O3/c1-15-11-26(12-16(2)29-15)13-18-5-3-17(4-6-18)10-25-22(27)14-28-21-9-19(23)7-8-20(21)24/h3-9,15-16H,10-14H2,1-2H3,(H,25,27). The lowest BCUT2D eigenvalue weighted by Crippen LogP contribution is -2.44. The van der Waals surface area contributed by atoms with Gasteiger partial charge in [-0.2, -0.15) is 0 Å². The van der Waals surface area contributed by atoms with Crippen LogP contribution in [0.2, 0.25) is 10.0 Å². The number of hydrogen-bond acceptors (Lipinski definition) is 4. The Balaban J connectivity index is 1.43. The van der Waals surface area contributed by atoms with Crippen molar-refractivity contribution in [1.82, 2.24) is 10.2 Å². The zero-order chi connectivity index (χ0) is 20.8. The third-order valence-corrected chi connectivity index (χ3v) is 5.21. The van der Waals surface area contributed by atoms with Crippen molar-refractivity contribution in [2.45, 2.75) is 39.1 Å². The van der Waals surface area contributed by atoms with Crippen LogP contribution in [0.25, 0.3) is 0 Å². The van der Waals surface area contributed by atoms with E-state index in [1.54, 1.807) is 18.2 Å². The molecule has 2 atom stereocenters. The Kier molecular flexibility index (Phi) is 7.78. The summed E-state index contributed by atoms with van der Waals surface area (Å²) in [6, 6.07) is 13.2. The molecule has 1 N–H and O–H groups in total. The van der Waals surface area contributed by atoms with Crippen molar-refractivity contribution in [3.63, 3.8) is 0 Å². The summed E-state index contributed by atoms with van der Waals surface area (Å²) in [6.45, 7) is 7.33. The lowest BCUT2D eigenvalue weighted by molar-refractivity contribution is -0.123. The van der Waals surface area contributed by atoms with E-state index in [9.17, 15) is 4.79 Å². The second-order valence-corrected chi connectivity index (χ2v) is 8.25. The molecule has 3 rings (SSSR count). The number of nitrogens with zero attached hydrogens (tertiary/aromatic N) is 1. The molecule has 1 heterocycles. The van der Waals surface area contributed by atoms with Crippen molar-refractivity contribution in [3.05, 3.63) is 63.6 Å². The van der Waals surface area contributed by atoms with Gasteiger partial charge in [0.15, 0.2) is 6.61 Å². The predicted octanol–water partition coefficient (Wildman–Crippen LogP) is 4.30. The Morgan fingerprint density at radius 1 is 1.10 bits per heavy atom. The normalized spacial score (nSPS) is 19.7. The average Bonchev–Trinajstić information content (AvgIpc) is 2.67. The van der Waals surface area contributed by atoms with Gasteiger partial charge in [-0.1, -0.05) is 47.5 Å². The van der Waals surface area contributed by atoms with Crippen LogP contribution in [0.1, 0.15) is 25.0 Å². The molecule has 0 radical (unpaired) electrons. The number of carbonyl (C=O) groups excluding carboxylic acids is 1. The highest BCUT2D eigenvalue weighted by molar-refractivity contribution is 6.34. The summed E-state index contributed by atoms with van der Waals surface area (Å²) in [4.78, 5) is 14.5. The number of hydrogen-bond donors (Lipinski definition) is 1. The van der Waals surface area contributed by atoms with Crippen molar-refractivity contribution >= 4 is 29.1 Å². The number of carbonyl (C=O) groups is 1. The van der Waals surface area contributed by atoms with Gasteiger partial charge >= 0.3 is 0 Å². The number of nitrogens with one attached hydrogen (secondary N) is 1. The highest BCUT2D eigenvalue weighted by Crippen LogP contribution is 2.27. The van der Waals surface area contributed by atoms with Crippen LogP contribution in [-0.4, -0.2) is 42.7 Å². The van der Waals surface area contributed by atoms with E-state index in [2.05, 4.69) is 36.2 Å². The molecule has 0 aromatic heterocycles. The Hall–Kier alpha value is -1.79. The first-order valence-electron chi connectivity index (χ1n) is 9.69. The van der Waals surface area contributed by atoms with Gasteiger partial charge in [0.05, 0.1) is 17.2 Å². The number of amides is 1. The van der Waals surface area contributed by atoms with Crippen molar-refractivity contribution in [2.75, 3.05) is 19.7 Å². The van der Waals surface area contributed by atoms with Gasteiger partial charge in [0.1, 0.15) is 5.75 Å². The van der Waals surface area contributed by atoms with E-state index >= 15 is 0 Å². The van der Waals surface area contributed by atoms with E-state index in [1.165, 1.54) is 5.56 Å². The van der Waals surface area contributed by atoms with Crippen LogP contribution in [0.15, 0.2) is 42.5 Å². The van der Waals surface area contributed by atoms with Gasteiger partial charge < -0.3 is 14.8 Å². The van der Waals surface area contributed by atoms with Crippen LogP contribution in [-0.2, 0) is 22.6 Å². The van der Waals surface area contributed by atoms with E-state index in [-0.39, 0.29) is 24.7 Å². The summed E-state index contributed by atoms with van der Waals surface area (Å²) in [5.74, 6) is 0.173. The number of halogens is 2. The summed E-state index contributed by atoms with van der Waals surface area (Å²) in [6.07, 6.45) is 0.523. The summed E-state index contributed by atoms with van der Waals surface area (Å²) < 4.78 is 11.2. The van der Waals surface area contributed by atoms with Crippen molar-refractivity contribution in [3.8, 4) is 5.75 Å². The highest BCUT2D eigenvalue weighted by atomic mass is 35.5. The minimum Gasteiger partial charge on any atom is -0.482 e. The van der Waals surface area contributed by atoms with Gasteiger partial charge in [-0.25, -0.2) is 0 Å². The molecule has 0 aliphatic carbocycles. The third-order valence-electron chi connectivity index (χ3n) is 4.67. The largest absolute Gasteiger partial charge is 0.482 e. The Morgan fingerprint density at radius 3 is 2.45 bits per heavy atom. The SMILES string of the molecule is CC1CN(Cc2ccc(CNC(=O)COc3cc(Cl)ccc3Cl)cc2)CC(C)O1. The predicted molar refractivity (Wildman–Crippen MR) is 116 cm³/mol. The highest BCUT2D eigenvalue weighted by Gasteiger charge is 2.21. The molecule has 1 aliphatic heterocycles. The number of ether oxygens (including phenoxy) is 2. The van der Waals surface area contributed by atoms with E-state index in [0.717, 1.165) is 25.2 Å². The fraction of sp³-hybridized carbons (Fsp3) is 0.409. The molecule has 5 nitrogen and oxygen atoms in total. The fourth-order valence-corrected chi connectivity index (χ4v) is 3.75. The van der Waals surface area contributed by atoms with Crippen LogP contribution in [0.5, 0.6) is 5.75 Å². The van der Waals surface area contributed by atoms with Gasteiger partial charge in [0.2, 0.25) is 0 Å². The van der Waals surface area contributed by atoms with Crippen LogP contribution in [0.4, 0.5) is 0 Å². The second-order valence-electron chi connectivity index (χ2n) is 7.41. The van der Waals surface area contributed by atoms with Gasteiger partial charge in [0.25, 0.3) is 5.91 Å². The Morgan fingerprint density at radius 2 is 1.76 bits per heavy atom. The monoisotopic (exact) mass is 436 g/mol. The van der Waals surface area contributed by atoms with Crippen LogP contribution >= 0.6 is 23.2 Å². The maximum atomic E-state index is 12.0. The van der Waals surface area contributed by atoms with E-state index in [1.807, 2.05) is 12.1 Å². The molecule has 156 valence electrons. The summed E-state index contributed by atoms with van der Waals surface area (Å²) >= 11 is 11.9. The van der Waals surface area contributed by atoms with Gasteiger partial charge in [-0.3, -0.25) is 9.69 Å². The van der Waals surface area contributed by atoms with Crippen molar-refractivity contribution in [1.29, 1.82) is 0 Å². The quantitative estimate of drug-likeness (QED) is 0.702. The molecule has 1 saturated heterocycles. The van der Waals surface area contributed by atoms with E-state index < -0.39 is 0 Å². The average molecular weight is 437 g/mol. The van der Waals surface area contributed by atoms with Gasteiger partial charge in [-0.05, 0) is 37.1 Å². The van der Waals surface area contributed by atoms with Gasteiger partial charge in [0, 0.05) is 37.3 Å². The number of rotatable bonds is 7. The lowest BCUT2D eigenvalue weighted by Gasteiger charge is -2.35. The molecule has 1 fully saturated rings. The topological polar surface area (TPSA) is 50.8 Å². The number of benzene rings is 2. The molecule has 1 amide bonds. The first-order chi connectivity index (χ1) is 13.9. The van der Waals surface area contributed by atoms with Crippen LogP contribution in [0.3, 0.4) is 0 Å². The maximum absolute atomic E-state index is 12.0. The van der Waals surface area contributed by atoms with Crippen molar-refractivity contribution < 1.29 is 14.3 Å². The third kappa shape index (κ3) is 6.89. The summed E-state index contributed by atoms with van der Waals surface area (Å²) in [5, 5.41) is 3.77. The van der Waals surface area contributed by atoms with Crippen molar-refractivity contribution in [2.24, 2.45) is 0 Å². The van der Waals surface area contributed by atoms with Crippen LogP contribution in [0, 0.1) is 0 Å². The first-order valence-corrected chi connectivity index (χ1v) is 10.4. The maximum Gasteiger partial charge on any atom is 0.258 e. The summed E-state index contributed by atoms with van der Waals surface area (Å²) in [7, 11) is 0. The molecule has 7 heteroatoms. The molecular weight excluding hydrogens is 411 g/mol. The van der Waals surface area contributed by atoms with Gasteiger partial charge in [-0.15, -0.1) is 0 Å². The molecule has 2 aromatic carbocycles. The molecule has 0 spiro atoms. The zero-order valence-electron chi connectivity index (χ0n) is 16.7.